The standard InChI is InChI=1S/C5H11N.C4H6O6/c1-5-3-2-4-6-5;5-1(3(7)8)2(6)4(9)10/h5-6H,2-4H2,1H3;1-2,5-6H,(H,7,8)(H,9,10)/t5-;/m1./s1. The van der Waals surface area contributed by atoms with E-state index in [0.29, 0.717) is 0 Å². The summed E-state index contributed by atoms with van der Waals surface area (Å²) in [4.78, 5) is 19.5. The van der Waals surface area contributed by atoms with Crippen LogP contribution in [-0.2, 0) is 9.59 Å². The van der Waals surface area contributed by atoms with Crippen LogP contribution in [0.5, 0.6) is 0 Å². The van der Waals surface area contributed by atoms with Crippen LogP contribution >= 0.6 is 0 Å². The molecule has 1 heterocycles. The Labute approximate surface area is 92.7 Å². The highest BCUT2D eigenvalue weighted by Crippen LogP contribution is 2.01. The molecule has 16 heavy (non-hydrogen) atoms. The number of hydrogen-bond donors (Lipinski definition) is 5. The summed E-state index contributed by atoms with van der Waals surface area (Å²) in [5, 5.41) is 35.8. The van der Waals surface area contributed by atoms with Gasteiger partial charge in [-0.15, -0.1) is 0 Å². The lowest BCUT2D eigenvalue weighted by Gasteiger charge is -2.07. The van der Waals surface area contributed by atoms with Crippen LogP contribution in [0.4, 0.5) is 0 Å². The summed E-state index contributed by atoms with van der Waals surface area (Å²) in [5.41, 5.74) is 0. The fraction of sp³-hybridized carbons (Fsp3) is 0.778. The number of carboxylic acid groups (broad SMARTS) is 2. The smallest absolute Gasteiger partial charge is 0.335 e. The van der Waals surface area contributed by atoms with E-state index in [0.717, 1.165) is 6.04 Å². The van der Waals surface area contributed by atoms with Crippen molar-refractivity contribution in [1.82, 2.24) is 5.32 Å². The van der Waals surface area contributed by atoms with E-state index in [4.69, 9.17) is 20.4 Å². The number of aliphatic carboxylic acids is 2. The van der Waals surface area contributed by atoms with Gasteiger partial charge in [0.05, 0.1) is 0 Å². The third kappa shape index (κ3) is 5.64. The second kappa shape index (κ2) is 7.15. The van der Waals surface area contributed by atoms with Crippen LogP contribution in [0.3, 0.4) is 0 Å². The topological polar surface area (TPSA) is 127 Å². The molecule has 0 saturated carbocycles. The second-order valence-electron chi connectivity index (χ2n) is 3.56. The van der Waals surface area contributed by atoms with Crippen molar-refractivity contribution in [2.45, 2.75) is 38.0 Å². The van der Waals surface area contributed by atoms with Crippen molar-refractivity contribution < 1.29 is 30.0 Å². The van der Waals surface area contributed by atoms with Gasteiger partial charge in [-0.05, 0) is 26.3 Å². The first-order chi connectivity index (χ1) is 7.36. The largest absolute Gasteiger partial charge is 0.479 e. The van der Waals surface area contributed by atoms with Crippen LogP contribution in [0.25, 0.3) is 0 Å². The summed E-state index contributed by atoms with van der Waals surface area (Å²) in [5.74, 6) is -3.54. The van der Waals surface area contributed by atoms with Crippen molar-refractivity contribution in [2.24, 2.45) is 0 Å². The van der Waals surface area contributed by atoms with Gasteiger partial charge < -0.3 is 25.7 Å². The molecule has 2 unspecified atom stereocenters. The van der Waals surface area contributed by atoms with Gasteiger partial charge in [0.2, 0.25) is 0 Å². The molecule has 5 N–H and O–H groups in total. The maximum absolute atomic E-state index is 9.77. The van der Waals surface area contributed by atoms with Gasteiger partial charge in [-0.1, -0.05) is 0 Å². The quantitative estimate of drug-likeness (QED) is 0.408. The Morgan fingerprint density at radius 2 is 1.62 bits per heavy atom. The van der Waals surface area contributed by atoms with Gasteiger partial charge in [-0.3, -0.25) is 0 Å². The van der Waals surface area contributed by atoms with Crippen LogP contribution in [0.2, 0.25) is 0 Å². The molecule has 1 aliphatic heterocycles. The van der Waals surface area contributed by atoms with Gasteiger partial charge in [0, 0.05) is 6.04 Å². The molecule has 1 fully saturated rings. The summed E-state index contributed by atoms with van der Waals surface area (Å²) in [6.07, 6.45) is -1.78. The Bertz CT molecular complexity index is 220. The van der Waals surface area contributed by atoms with Gasteiger partial charge in [0.25, 0.3) is 0 Å². The Kier molecular flexibility index (Phi) is 6.63. The summed E-state index contributed by atoms with van der Waals surface area (Å²) >= 11 is 0. The molecule has 3 atom stereocenters. The minimum atomic E-state index is -2.27. The van der Waals surface area contributed by atoms with Crippen molar-refractivity contribution in [3.63, 3.8) is 0 Å². The van der Waals surface area contributed by atoms with Crippen LogP contribution in [0.1, 0.15) is 19.8 Å². The Morgan fingerprint density at radius 1 is 1.19 bits per heavy atom. The molecule has 0 aromatic carbocycles. The number of aliphatic hydroxyl groups excluding tert-OH is 2. The molecule has 1 aliphatic rings. The van der Waals surface area contributed by atoms with Gasteiger partial charge >= 0.3 is 11.9 Å². The lowest BCUT2D eigenvalue weighted by Crippen LogP contribution is -2.39. The summed E-state index contributed by atoms with van der Waals surface area (Å²) < 4.78 is 0. The maximum atomic E-state index is 9.77. The molecule has 1 rings (SSSR count). The van der Waals surface area contributed by atoms with E-state index in [1.165, 1.54) is 19.4 Å². The summed E-state index contributed by atoms with van der Waals surface area (Å²) in [7, 11) is 0. The first-order valence-electron chi connectivity index (χ1n) is 4.91. The van der Waals surface area contributed by atoms with E-state index >= 15 is 0 Å². The zero-order valence-electron chi connectivity index (χ0n) is 8.96. The minimum absolute atomic E-state index is 0.796. The highest BCUT2D eigenvalue weighted by Gasteiger charge is 2.29. The van der Waals surface area contributed by atoms with E-state index < -0.39 is 24.1 Å². The molecular weight excluding hydrogens is 218 g/mol. The van der Waals surface area contributed by atoms with Crippen molar-refractivity contribution in [2.75, 3.05) is 6.54 Å². The zero-order valence-corrected chi connectivity index (χ0v) is 8.96. The molecular formula is C9H17NO6. The average molecular weight is 235 g/mol. The average Bonchev–Trinajstić information content (AvgIpc) is 2.67. The Morgan fingerprint density at radius 3 is 1.75 bits per heavy atom. The number of nitrogens with one attached hydrogen (secondary N) is 1. The molecule has 0 aromatic rings. The molecule has 0 aliphatic carbocycles. The molecule has 1 saturated heterocycles. The van der Waals surface area contributed by atoms with Gasteiger partial charge in [-0.25, -0.2) is 9.59 Å². The Hall–Kier alpha value is -1.18. The van der Waals surface area contributed by atoms with Crippen LogP contribution < -0.4 is 5.32 Å². The van der Waals surface area contributed by atoms with Crippen LogP contribution in [-0.4, -0.2) is 57.2 Å². The van der Waals surface area contributed by atoms with Gasteiger partial charge in [0.1, 0.15) is 0 Å². The highest BCUT2D eigenvalue weighted by molar-refractivity contribution is 5.83. The molecule has 0 bridgehead atoms. The fourth-order valence-corrected chi connectivity index (χ4v) is 1.13. The van der Waals surface area contributed by atoms with Gasteiger partial charge in [0.15, 0.2) is 12.2 Å². The number of rotatable bonds is 3. The van der Waals surface area contributed by atoms with Crippen molar-refractivity contribution in [1.29, 1.82) is 0 Å². The van der Waals surface area contributed by atoms with Crippen molar-refractivity contribution in [3.8, 4) is 0 Å². The molecule has 7 heteroatoms. The zero-order chi connectivity index (χ0) is 12.7. The second-order valence-corrected chi connectivity index (χ2v) is 3.56. The fourth-order valence-electron chi connectivity index (χ4n) is 1.13. The summed E-state index contributed by atoms with van der Waals surface area (Å²) in [6, 6.07) is 0.796. The maximum Gasteiger partial charge on any atom is 0.335 e. The van der Waals surface area contributed by atoms with Crippen LogP contribution in [0.15, 0.2) is 0 Å². The highest BCUT2D eigenvalue weighted by atomic mass is 16.4. The molecule has 7 nitrogen and oxygen atoms in total. The third-order valence-corrected chi connectivity index (χ3v) is 2.11. The number of carboxylic acids is 2. The lowest BCUT2D eigenvalue weighted by molar-refractivity contribution is -0.165. The van der Waals surface area contributed by atoms with Crippen molar-refractivity contribution in [3.05, 3.63) is 0 Å². The number of carbonyl (C=O) groups is 2. The van der Waals surface area contributed by atoms with E-state index in [-0.39, 0.29) is 0 Å². The predicted octanol–water partition coefficient (Wildman–Crippen LogP) is -1.36. The molecule has 94 valence electrons. The molecule has 0 amide bonds. The monoisotopic (exact) mass is 235 g/mol. The first-order valence-corrected chi connectivity index (χ1v) is 4.91. The van der Waals surface area contributed by atoms with E-state index in [9.17, 15) is 9.59 Å². The third-order valence-electron chi connectivity index (χ3n) is 2.11. The number of aliphatic hydroxyl groups is 2. The molecule has 0 spiro atoms. The minimum Gasteiger partial charge on any atom is -0.479 e. The predicted molar refractivity (Wildman–Crippen MR) is 54.0 cm³/mol. The molecule has 0 aromatic heterocycles. The molecule has 0 radical (unpaired) electrons. The summed E-state index contributed by atoms with van der Waals surface area (Å²) in [6.45, 7) is 3.47. The lowest BCUT2D eigenvalue weighted by atomic mass is 10.2. The normalized spacial score (nSPS) is 22.8. The SMILES string of the molecule is C[C@@H]1CCCN1.O=C(O)C(O)C(O)C(=O)O. The first kappa shape index (κ1) is 14.8. The van der Waals surface area contributed by atoms with Crippen molar-refractivity contribution >= 4 is 11.9 Å². The van der Waals surface area contributed by atoms with E-state index in [2.05, 4.69) is 12.2 Å². The van der Waals surface area contributed by atoms with E-state index in [1.807, 2.05) is 0 Å². The van der Waals surface area contributed by atoms with Crippen LogP contribution in [0, 0.1) is 0 Å². The Balaban J connectivity index is 0.000000315. The number of hydrogen-bond acceptors (Lipinski definition) is 5. The van der Waals surface area contributed by atoms with Gasteiger partial charge in [-0.2, -0.15) is 0 Å². The van der Waals surface area contributed by atoms with E-state index in [1.54, 1.807) is 0 Å².